The smallest absolute Gasteiger partial charge is 0.192 e. The molecule has 264 valence electrons. The van der Waals surface area contributed by atoms with Crippen LogP contribution in [0, 0.1) is 0 Å². The largest absolute Gasteiger partial charge is 0.491 e. The van der Waals surface area contributed by atoms with Crippen LogP contribution in [0.1, 0.15) is 20.8 Å². The van der Waals surface area contributed by atoms with Gasteiger partial charge in [0.05, 0.1) is 126 Å². The minimum absolute atomic E-state index is 0.217. The van der Waals surface area contributed by atoms with Gasteiger partial charge in [0.25, 0.3) is 0 Å². The van der Waals surface area contributed by atoms with Gasteiger partial charge >= 0.3 is 0 Å². The predicted octanol–water partition coefficient (Wildman–Crippen LogP) is 3.82. The standard InChI is InChI=1S/C32H61NO11Si/c1-32(2,3)45(4,5)44-29-27-42-25-23-40-21-19-38-17-15-36-13-11-34-10-12-35-14-16-37-18-20-39-22-24-41-26-28-43-31-8-6-30(33)7-9-31/h6-9H,10-29,33H2,1-5H3. The fourth-order valence-corrected chi connectivity index (χ4v) is 4.24. The minimum Gasteiger partial charge on any atom is -0.491 e. The van der Waals surface area contributed by atoms with Crippen LogP contribution in [0.4, 0.5) is 5.69 Å². The zero-order valence-electron chi connectivity index (χ0n) is 28.5. The van der Waals surface area contributed by atoms with E-state index in [9.17, 15) is 0 Å². The van der Waals surface area contributed by atoms with Gasteiger partial charge in [0.1, 0.15) is 12.4 Å². The van der Waals surface area contributed by atoms with Gasteiger partial charge in [0, 0.05) is 5.69 Å². The molecule has 45 heavy (non-hydrogen) atoms. The van der Waals surface area contributed by atoms with E-state index in [4.69, 9.17) is 57.5 Å². The molecule has 0 aliphatic carbocycles. The van der Waals surface area contributed by atoms with Crippen molar-refractivity contribution in [3.63, 3.8) is 0 Å². The van der Waals surface area contributed by atoms with Crippen LogP contribution in [0.2, 0.25) is 18.1 Å². The van der Waals surface area contributed by atoms with E-state index in [-0.39, 0.29) is 5.04 Å². The summed E-state index contributed by atoms with van der Waals surface area (Å²) in [5.41, 5.74) is 6.35. The van der Waals surface area contributed by atoms with E-state index in [1.165, 1.54) is 0 Å². The predicted molar refractivity (Wildman–Crippen MR) is 177 cm³/mol. The molecule has 2 N–H and O–H groups in total. The number of anilines is 1. The minimum atomic E-state index is -1.70. The molecule has 0 unspecified atom stereocenters. The average molecular weight is 664 g/mol. The highest BCUT2D eigenvalue weighted by molar-refractivity contribution is 6.74. The van der Waals surface area contributed by atoms with Crippen LogP contribution in [0.5, 0.6) is 5.75 Å². The molecule has 12 nitrogen and oxygen atoms in total. The highest BCUT2D eigenvalue weighted by Gasteiger charge is 2.36. The number of benzene rings is 1. The lowest BCUT2D eigenvalue weighted by molar-refractivity contribution is -0.0258. The van der Waals surface area contributed by atoms with Gasteiger partial charge in [-0.3, -0.25) is 0 Å². The fourth-order valence-electron chi connectivity index (χ4n) is 3.22. The topological polar surface area (TPSA) is 128 Å². The first-order chi connectivity index (χ1) is 21.7. The summed E-state index contributed by atoms with van der Waals surface area (Å²) in [5.74, 6) is 0.774. The summed E-state index contributed by atoms with van der Waals surface area (Å²) in [6.07, 6.45) is 0. The highest BCUT2D eigenvalue weighted by Crippen LogP contribution is 2.36. The molecule has 1 aromatic rings. The summed E-state index contributed by atoms with van der Waals surface area (Å²) in [6, 6.07) is 7.27. The summed E-state index contributed by atoms with van der Waals surface area (Å²) < 4.78 is 61.1. The van der Waals surface area contributed by atoms with E-state index < -0.39 is 8.32 Å². The molecule has 0 aromatic heterocycles. The summed E-state index contributed by atoms with van der Waals surface area (Å²) >= 11 is 0. The quantitative estimate of drug-likeness (QED) is 0.0684. The highest BCUT2D eigenvalue weighted by atomic mass is 28.4. The van der Waals surface area contributed by atoms with Gasteiger partial charge in [0.15, 0.2) is 8.32 Å². The van der Waals surface area contributed by atoms with Crippen molar-refractivity contribution in [2.45, 2.75) is 38.9 Å². The second-order valence-corrected chi connectivity index (χ2v) is 16.3. The number of rotatable bonds is 32. The van der Waals surface area contributed by atoms with E-state index >= 15 is 0 Å². The van der Waals surface area contributed by atoms with Gasteiger partial charge in [-0.05, 0) is 42.4 Å². The first kappa shape index (κ1) is 41.7. The maximum Gasteiger partial charge on any atom is 0.192 e. The molecule has 1 rings (SSSR count). The average Bonchev–Trinajstić information content (AvgIpc) is 3.00. The normalized spacial score (nSPS) is 12.2. The third-order valence-corrected chi connectivity index (χ3v) is 11.4. The van der Waals surface area contributed by atoms with E-state index in [1.807, 2.05) is 12.1 Å². The van der Waals surface area contributed by atoms with Crippen LogP contribution in [0.3, 0.4) is 0 Å². The lowest BCUT2D eigenvalue weighted by atomic mass is 10.2. The SMILES string of the molecule is CC(C)(C)[Si](C)(C)OCCOCCOCCOCCOCCOCCOCCOCCOCCOCCOc1ccc(N)cc1. The Labute approximate surface area is 272 Å². The second-order valence-electron chi connectivity index (χ2n) is 11.5. The number of nitrogens with two attached hydrogens (primary N) is 1. The molecule has 0 fully saturated rings. The van der Waals surface area contributed by atoms with Crippen LogP contribution in [-0.2, 0) is 47.1 Å². The third-order valence-electron chi connectivity index (χ3n) is 6.85. The van der Waals surface area contributed by atoms with Gasteiger partial charge < -0.3 is 57.5 Å². The van der Waals surface area contributed by atoms with Crippen molar-refractivity contribution < 1.29 is 51.8 Å². The maximum atomic E-state index is 6.08. The molecule has 0 radical (unpaired) electrons. The Hall–Kier alpha value is -1.36. The van der Waals surface area contributed by atoms with E-state index in [0.717, 1.165) is 5.75 Å². The van der Waals surface area contributed by atoms with Crippen molar-refractivity contribution in [1.29, 1.82) is 0 Å². The first-order valence-corrected chi connectivity index (χ1v) is 19.0. The first-order valence-electron chi connectivity index (χ1n) is 16.0. The molecule has 0 heterocycles. The molecule has 0 spiro atoms. The van der Waals surface area contributed by atoms with Crippen LogP contribution < -0.4 is 10.5 Å². The molecular formula is C32H61NO11Si. The summed E-state index contributed by atoms with van der Waals surface area (Å²) in [6.45, 7) is 21.7. The van der Waals surface area contributed by atoms with Crippen molar-refractivity contribution in [2.24, 2.45) is 0 Å². The Morgan fingerprint density at radius 2 is 0.711 bits per heavy atom. The van der Waals surface area contributed by atoms with Crippen molar-refractivity contribution in [3.05, 3.63) is 24.3 Å². The van der Waals surface area contributed by atoms with Crippen molar-refractivity contribution >= 4 is 14.0 Å². The second kappa shape index (κ2) is 27.7. The molecule has 0 bridgehead atoms. The molecule has 0 aliphatic heterocycles. The summed E-state index contributed by atoms with van der Waals surface area (Å²) in [4.78, 5) is 0. The Morgan fingerprint density at radius 1 is 0.444 bits per heavy atom. The molecule has 0 saturated carbocycles. The molecule has 0 aliphatic rings. The molecule has 0 atom stereocenters. The van der Waals surface area contributed by atoms with Gasteiger partial charge in [0.2, 0.25) is 0 Å². The van der Waals surface area contributed by atoms with E-state index in [2.05, 4.69) is 33.9 Å². The van der Waals surface area contributed by atoms with Crippen molar-refractivity contribution in [1.82, 2.24) is 0 Å². The lowest BCUT2D eigenvalue weighted by Gasteiger charge is -2.36. The van der Waals surface area contributed by atoms with Gasteiger partial charge in [-0.2, -0.15) is 0 Å². The molecule has 13 heteroatoms. The summed E-state index contributed by atoms with van der Waals surface area (Å²) in [5, 5.41) is 0.217. The van der Waals surface area contributed by atoms with E-state index in [0.29, 0.717) is 138 Å². The van der Waals surface area contributed by atoms with Gasteiger partial charge in [-0.15, -0.1) is 0 Å². The monoisotopic (exact) mass is 663 g/mol. The third kappa shape index (κ3) is 25.4. The van der Waals surface area contributed by atoms with Crippen LogP contribution in [0.15, 0.2) is 24.3 Å². The number of nitrogen functional groups attached to an aromatic ring is 1. The molecule has 0 amide bonds. The van der Waals surface area contributed by atoms with Crippen LogP contribution in [0.25, 0.3) is 0 Å². The van der Waals surface area contributed by atoms with Crippen molar-refractivity contribution in [2.75, 3.05) is 138 Å². The Balaban J connectivity index is 1.67. The lowest BCUT2D eigenvalue weighted by Crippen LogP contribution is -2.41. The number of ether oxygens (including phenoxy) is 10. The number of hydrogen-bond donors (Lipinski definition) is 1. The zero-order chi connectivity index (χ0) is 32.9. The molecular weight excluding hydrogens is 602 g/mol. The maximum absolute atomic E-state index is 6.08. The molecule has 0 saturated heterocycles. The number of hydrogen-bond acceptors (Lipinski definition) is 12. The van der Waals surface area contributed by atoms with E-state index in [1.54, 1.807) is 12.1 Å². The fraction of sp³-hybridized carbons (Fsp3) is 0.812. The van der Waals surface area contributed by atoms with Gasteiger partial charge in [-0.1, -0.05) is 20.8 Å². The van der Waals surface area contributed by atoms with Crippen LogP contribution >= 0.6 is 0 Å². The Kier molecular flexibility index (Phi) is 25.7. The zero-order valence-corrected chi connectivity index (χ0v) is 29.5. The van der Waals surface area contributed by atoms with Gasteiger partial charge in [-0.25, -0.2) is 0 Å². The Morgan fingerprint density at radius 3 is 1.00 bits per heavy atom. The van der Waals surface area contributed by atoms with Crippen LogP contribution in [-0.4, -0.2) is 140 Å². The Bertz CT molecular complexity index is 781. The van der Waals surface area contributed by atoms with Crippen molar-refractivity contribution in [3.8, 4) is 5.75 Å². The summed E-state index contributed by atoms with van der Waals surface area (Å²) in [7, 11) is -1.70. The molecule has 1 aromatic carbocycles.